The quantitative estimate of drug-likeness (QED) is 0.362. The van der Waals surface area contributed by atoms with Crippen molar-refractivity contribution in [2.24, 2.45) is 0 Å². The van der Waals surface area contributed by atoms with Gasteiger partial charge < -0.3 is 14.5 Å². The number of amides is 1. The molecule has 1 aromatic heterocycles. The number of halogens is 2. The minimum absolute atomic E-state index is 0.186. The fraction of sp³-hybridized carbons (Fsp3) is 0.167. The van der Waals surface area contributed by atoms with Crippen LogP contribution in [0.25, 0.3) is 22.6 Å². The van der Waals surface area contributed by atoms with Gasteiger partial charge in [-0.05, 0) is 73.9 Å². The highest BCUT2D eigenvalue weighted by atomic mass is 35.5. The minimum Gasteiger partial charge on any atom is -0.482 e. The lowest BCUT2D eigenvalue weighted by molar-refractivity contribution is -0.118. The van der Waals surface area contributed by atoms with Gasteiger partial charge in [0.15, 0.2) is 12.2 Å². The normalized spacial score (nSPS) is 11.0. The van der Waals surface area contributed by atoms with Crippen molar-refractivity contribution in [2.75, 3.05) is 11.9 Å². The summed E-state index contributed by atoms with van der Waals surface area (Å²) < 4.78 is 11.5. The van der Waals surface area contributed by atoms with Gasteiger partial charge in [-0.1, -0.05) is 35.3 Å². The van der Waals surface area contributed by atoms with E-state index in [1.165, 1.54) is 0 Å². The van der Waals surface area contributed by atoms with Crippen molar-refractivity contribution in [1.29, 1.82) is 0 Å². The van der Waals surface area contributed by atoms with Gasteiger partial charge in [0, 0.05) is 16.3 Å². The van der Waals surface area contributed by atoms with Crippen molar-refractivity contribution in [3.63, 3.8) is 0 Å². The van der Waals surface area contributed by atoms with E-state index in [1.54, 1.807) is 12.1 Å². The number of nitrogens with zero attached hydrogens (tertiary/aromatic N) is 1. The molecule has 5 nitrogen and oxygen atoms in total. The largest absolute Gasteiger partial charge is 0.482 e. The van der Waals surface area contributed by atoms with E-state index in [0.717, 1.165) is 33.4 Å². The van der Waals surface area contributed by atoms with E-state index < -0.39 is 0 Å². The molecule has 0 aliphatic carbocycles. The Kier molecular flexibility index (Phi) is 5.90. The topological polar surface area (TPSA) is 64.4 Å². The number of aryl methyl sites for hydroxylation is 2. The summed E-state index contributed by atoms with van der Waals surface area (Å²) in [6, 6.07) is 14.8. The lowest BCUT2D eigenvalue weighted by Gasteiger charge is -2.13. The van der Waals surface area contributed by atoms with Gasteiger partial charge in [-0.3, -0.25) is 4.79 Å². The summed E-state index contributed by atoms with van der Waals surface area (Å²) in [6.07, 6.45) is 0. The van der Waals surface area contributed by atoms with Crippen LogP contribution >= 0.6 is 23.2 Å². The van der Waals surface area contributed by atoms with E-state index >= 15 is 0 Å². The highest BCUT2D eigenvalue weighted by molar-refractivity contribution is 6.35. The Morgan fingerprint density at radius 1 is 1.10 bits per heavy atom. The van der Waals surface area contributed by atoms with Crippen molar-refractivity contribution < 1.29 is 13.9 Å². The van der Waals surface area contributed by atoms with Crippen LogP contribution in [0.2, 0.25) is 10.0 Å². The molecular weight excluding hydrogens is 435 g/mol. The summed E-state index contributed by atoms with van der Waals surface area (Å²) >= 11 is 12.2. The zero-order valence-electron chi connectivity index (χ0n) is 17.3. The minimum atomic E-state index is -0.307. The molecule has 0 spiro atoms. The highest BCUT2D eigenvalue weighted by Gasteiger charge is 2.15. The molecule has 0 saturated heterocycles. The molecule has 0 unspecified atom stereocenters. The molecule has 1 amide bonds. The van der Waals surface area contributed by atoms with Crippen molar-refractivity contribution in [1.82, 2.24) is 4.98 Å². The first-order valence-corrected chi connectivity index (χ1v) is 10.4. The molecule has 1 heterocycles. The number of ether oxygens (including phenoxy) is 1. The van der Waals surface area contributed by atoms with Crippen LogP contribution in [0.15, 0.2) is 52.9 Å². The standard InChI is InChI=1S/C24H20Cl2N2O3/c1-13-7-8-21-20(9-13)28-24(31-21)17-5-4-6-19(15(17)3)27-22(29)12-30-23-14(2)10-16(25)11-18(23)26/h4-11H,12H2,1-3H3,(H,27,29). The second kappa shape index (κ2) is 8.61. The third-order valence-corrected chi connectivity index (χ3v) is 5.42. The Labute approximate surface area is 189 Å². The predicted octanol–water partition coefficient (Wildman–Crippen LogP) is 6.74. The summed E-state index contributed by atoms with van der Waals surface area (Å²) in [6.45, 7) is 5.55. The van der Waals surface area contributed by atoms with Gasteiger partial charge in [-0.25, -0.2) is 4.98 Å². The zero-order chi connectivity index (χ0) is 22.1. The van der Waals surface area contributed by atoms with Crippen LogP contribution in [0.4, 0.5) is 5.69 Å². The van der Waals surface area contributed by atoms with E-state index in [9.17, 15) is 4.79 Å². The average molecular weight is 455 g/mol. The molecule has 3 aromatic carbocycles. The van der Waals surface area contributed by atoms with Crippen molar-refractivity contribution >= 4 is 45.9 Å². The number of nitrogens with one attached hydrogen (secondary N) is 1. The first-order valence-electron chi connectivity index (χ1n) is 9.67. The number of aromatic nitrogens is 1. The number of hydrogen-bond donors (Lipinski definition) is 1. The molecule has 4 rings (SSSR count). The Bertz CT molecular complexity index is 1270. The van der Waals surface area contributed by atoms with Gasteiger partial charge in [0.2, 0.25) is 5.89 Å². The van der Waals surface area contributed by atoms with Gasteiger partial charge in [-0.2, -0.15) is 0 Å². The molecule has 0 aliphatic heterocycles. The molecule has 31 heavy (non-hydrogen) atoms. The number of hydrogen-bond acceptors (Lipinski definition) is 4. The van der Waals surface area contributed by atoms with Crippen LogP contribution in [0.3, 0.4) is 0 Å². The molecule has 0 bridgehead atoms. The fourth-order valence-electron chi connectivity index (χ4n) is 3.35. The molecule has 1 N–H and O–H groups in total. The van der Waals surface area contributed by atoms with E-state index in [4.69, 9.17) is 32.4 Å². The Hall–Kier alpha value is -3.02. The average Bonchev–Trinajstić information content (AvgIpc) is 3.11. The van der Waals surface area contributed by atoms with Crippen LogP contribution in [0.1, 0.15) is 16.7 Å². The summed E-state index contributed by atoms with van der Waals surface area (Å²) in [5.74, 6) is 0.640. The summed E-state index contributed by atoms with van der Waals surface area (Å²) in [5, 5.41) is 3.76. The second-order valence-corrected chi connectivity index (χ2v) is 8.18. The van der Waals surface area contributed by atoms with E-state index in [1.807, 2.05) is 57.2 Å². The monoisotopic (exact) mass is 454 g/mol. The fourth-order valence-corrected chi connectivity index (χ4v) is 4.00. The van der Waals surface area contributed by atoms with Crippen LogP contribution in [0, 0.1) is 20.8 Å². The van der Waals surface area contributed by atoms with E-state index in [-0.39, 0.29) is 12.5 Å². The molecule has 0 fully saturated rings. The molecule has 4 aromatic rings. The van der Waals surface area contributed by atoms with Crippen LogP contribution in [-0.2, 0) is 4.79 Å². The first-order chi connectivity index (χ1) is 14.8. The van der Waals surface area contributed by atoms with Crippen LogP contribution in [0.5, 0.6) is 5.75 Å². The van der Waals surface area contributed by atoms with E-state index in [2.05, 4.69) is 10.3 Å². The molecule has 7 heteroatoms. The van der Waals surface area contributed by atoms with Crippen molar-refractivity contribution in [3.05, 3.63) is 75.3 Å². The molecule has 0 aliphatic rings. The lowest BCUT2D eigenvalue weighted by Crippen LogP contribution is -2.21. The number of fused-ring (bicyclic) bond motifs is 1. The molecular formula is C24H20Cl2N2O3. The number of carbonyl (C=O) groups excluding carboxylic acids is 1. The smallest absolute Gasteiger partial charge is 0.262 e. The predicted molar refractivity (Wildman–Crippen MR) is 124 cm³/mol. The number of carbonyl (C=O) groups is 1. The van der Waals surface area contributed by atoms with E-state index in [0.29, 0.717) is 27.4 Å². The number of rotatable bonds is 5. The third-order valence-electron chi connectivity index (χ3n) is 4.92. The van der Waals surface area contributed by atoms with Gasteiger partial charge in [0.25, 0.3) is 5.91 Å². The molecule has 158 valence electrons. The van der Waals surface area contributed by atoms with Crippen LogP contribution < -0.4 is 10.1 Å². The molecule has 0 atom stereocenters. The summed E-state index contributed by atoms with van der Waals surface area (Å²) in [7, 11) is 0. The summed E-state index contributed by atoms with van der Waals surface area (Å²) in [5.41, 5.74) is 5.70. The van der Waals surface area contributed by atoms with Crippen molar-refractivity contribution in [3.8, 4) is 17.2 Å². The zero-order valence-corrected chi connectivity index (χ0v) is 18.8. The van der Waals surface area contributed by atoms with Crippen LogP contribution in [-0.4, -0.2) is 17.5 Å². The van der Waals surface area contributed by atoms with Gasteiger partial charge in [0.05, 0.1) is 5.02 Å². The number of anilines is 1. The maximum Gasteiger partial charge on any atom is 0.262 e. The van der Waals surface area contributed by atoms with Gasteiger partial charge in [0.1, 0.15) is 11.3 Å². The van der Waals surface area contributed by atoms with Gasteiger partial charge >= 0.3 is 0 Å². The Balaban J connectivity index is 1.52. The SMILES string of the molecule is Cc1ccc2oc(-c3cccc(NC(=O)COc4c(C)cc(Cl)cc4Cl)c3C)nc2c1. The Morgan fingerprint density at radius 3 is 2.68 bits per heavy atom. The second-order valence-electron chi connectivity index (χ2n) is 7.34. The van der Waals surface area contributed by atoms with Gasteiger partial charge in [-0.15, -0.1) is 0 Å². The third kappa shape index (κ3) is 4.53. The first kappa shape index (κ1) is 21.2. The number of oxazole rings is 1. The lowest BCUT2D eigenvalue weighted by atomic mass is 10.1. The van der Waals surface area contributed by atoms with Crippen molar-refractivity contribution in [2.45, 2.75) is 20.8 Å². The number of benzene rings is 3. The maximum atomic E-state index is 12.5. The summed E-state index contributed by atoms with van der Waals surface area (Å²) in [4.78, 5) is 17.1. The molecule has 0 radical (unpaired) electrons. The maximum absolute atomic E-state index is 12.5. The molecule has 0 saturated carbocycles. The Morgan fingerprint density at radius 2 is 1.90 bits per heavy atom. The highest BCUT2D eigenvalue weighted by Crippen LogP contribution is 2.33.